The van der Waals surface area contributed by atoms with Crippen molar-refractivity contribution in [2.45, 2.75) is 12.1 Å². The van der Waals surface area contributed by atoms with Gasteiger partial charge in [0.2, 0.25) is 5.91 Å². The number of carbonyl (C=O) groups excluding carboxylic acids is 2. The maximum Gasteiger partial charge on any atom is 0.255 e. The third-order valence-electron chi connectivity index (χ3n) is 5.91. The SMILES string of the molecule is COCC(=O)NC(CNC(=O)c1ccccc1O)C(O)c1cccc(-c2ccc(Oc3ccc(F)cc3)cc2)n1. The van der Waals surface area contributed by atoms with E-state index in [1.54, 1.807) is 54.6 Å². The van der Waals surface area contributed by atoms with Crippen LogP contribution in [0.4, 0.5) is 4.39 Å². The molecule has 0 aliphatic heterocycles. The number of rotatable bonds is 11. The van der Waals surface area contributed by atoms with Gasteiger partial charge in [0, 0.05) is 19.2 Å². The number of methoxy groups -OCH3 is 1. The van der Waals surface area contributed by atoms with Crippen molar-refractivity contribution >= 4 is 11.8 Å². The maximum atomic E-state index is 13.1. The van der Waals surface area contributed by atoms with Gasteiger partial charge in [-0.15, -0.1) is 0 Å². The molecule has 10 heteroatoms. The summed E-state index contributed by atoms with van der Waals surface area (Å²) in [5, 5.41) is 26.4. The largest absolute Gasteiger partial charge is 0.507 e. The van der Waals surface area contributed by atoms with Crippen LogP contribution in [0, 0.1) is 5.82 Å². The second kappa shape index (κ2) is 13.3. The Kier molecular flexibility index (Phi) is 9.39. The van der Waals surface area contributed by atoms with E-state index in [9.17, 15) is 24.2 Å². The highest BCUT2D eigenvalue weighted by Gasteiger charge is 2.25. The smallest absolute Gasteiger partial charge is 0.255 e. The Morgan fingerprint density at radius 2 is 1.60 bits per heavy atom. The Morgan fingerprint density at radius 1 is 0.925 bits per heavy atom. The van der Waals surface area contributed by atoms with Crippen LogP contribution in [0.1, 0.15) is 22.2 Å². The van der Waals surface area contributed by atoms with E-state index in [1.165, 1.54) is 43.5 Å². The number of aromatic nitrogens is 1. The first kappa shape index (κ1) is 28.2. The topological polar surface area (TPSA) is 130 Å². The predicted octanol–water partition coefficient (Wildman–Crippen LogP) is 3.98. The first-order chi connectivity index (χ1) is 19.3. The summed E-state index contributed by atoms with van der Waals surface area (Å²) in [6.07, 6.45) is -1.29. The number of phenols is 1. The molecule has 2 atom stereocenters. The predicted molar refractivity (Wildman–Crippen MR) is 145 cm³/mol. The number of amides is 2. The fraction of sp³-hybridized carbons (Fsp3) is 0.167. The van der Waals surface area contributed by atoms with Gasteiger partial charge in [-0.1, -0.05) is 18.2 Å². The van der Waals surface area contributed by atoms with Crippen molar-refractivity contribution in [3.05, 3.63) is 108 Å². The molecule has 0 radical (unpaired) electrons. The van der Waals surface area contributed by atoms with Gasteiger partial charge >= 0.3 is 0 Å². The van der Waals surface area contributed by atoms with E-state index >= 15 is 0 Å². The molecule has 0 aliphatic carbocycles. The van der Waals surface area contributed by atoms with Crippen LogP contribution in [-0.2, 0) is 9.53 Å². The van der Waals surface area contributed by atoms with Crippen LogP contribution in [-0.4, -0.2) is 53.3 Å². The fourth-order valence-electron chi connectivity index (χ4n) is 3.90. The van der Waals surface area contributed by atoms with Gasteiger partial charge in [-0.25, -0.2) is 9.37 Å². The van der Waals surface area contributed by atoms with Gasteiger partial charge in [-0.3, -0.25) is 9.59 Å². The Bertz CT molecular complexity index is 1450. The quantitative estimate of drug-likeness (QED) is 0.224. The number of phenolic OH excluding ortho intramolecular Hbond substituents is 1. The second-order valence-corrected chi connectivity index (χ2v) is 8.81. The first-order valence-corrected chi connectivity index (χ1v) is 12.4. The Hall–Kier alpha value is -4.80. The third kappa shape index (κ3) is 7.40. The molecule has 2 amide bonds. The number of hydrogen-bond donors (Lipinski definition) is 4. The lowest BCUT2D eigenvalue weighted by Gasteiger charge is -2.24. The summed E-state index contributed by atoms with van der Waals surface area (Å²) in [5.74, 6) is -0.559. The summed E-state index contributed by atoms with van der Waals surface area (Å²) in [5.41, 5.74) is 1.63. The van der Waals surface area contributed by atoms with Crippen molar-refractivity contribution in [2.24, 2.45) is 0 Å². The molecule has 1 aromatic heterocycles. The number of aliphatic hydroxyl groups is 1. The molecule has 0 aliphatic rings. The first-order valence-electron chi connectivity index (χ1n) is 12.4. The lowest BCUT2D eigenvalue weighted by Crippen LogP contribution is -2.48. The van der Waals surface area contributed by atoms with E-state index < -0.39 is 24.0 Å². The number of aromatic hydroxyl groups is 1. The monoisotopic (exact) mass is 545 g/mol. The van der Waals surface area contributed by atoms with Crippen molar-refractivity contribution in [2.75, 3.05) is 20.3 Å². The molecular formula is C30H28FN3O6. The highest BCUT2D eigenvalue weighted by Crippen LogP contribution is 2.26. The van der Waals surface area contributed by atoms with Gasteiger partial charge in [0.1, 0.15) is 35.8 Å². The number of aliphatic hydroxyl groups excluding tert-OH is 1. The van der Waals surface area contributed by atoms with E-state index in [0.717, 1.165) is 5.56 Å². The van der Waals surface area contributed by atoms with Gasteiger partial charge < -0.3 is 30.3 Å². The lowest BCUT2D eigenvalue weighted by atomic mass is 10.0. The number of halogens is 1. The van der Waals surface area contributed by atoms with Gasteiger partial charge in [-0.2, -0.15) is 0 Å². The summed E-state index contributed by atoms with van der Waals surface area (Å²) in [6.45, 7) is -0.387. The standard InChI is InChI=1S/C30H28FN3O6/c1-39-18-28(36)34-26(17-32-30(38)23-5-2-3-8-27(23)35)29(37)25-7-4-6-24(33-25)19-9-13-21(14-10-19)40-22-15-11-20(31)12-16-22/h2-16,26,29,35,37H,17-18H2,1H3,(H,32,38)(H,34,36). The molecule has 3 aromatic carbocycles. The van der Waals surface area contributed by atoms with Crippen molar-refractivity contribution in [3.8, 4) is 28.5 Å². The molecule has 0 fully saturated rings. The van der Waals surface area contributed by atoms with E-state index in [4.69, 9.17) is 9.47 Å². The van der Waals surface area contributed by atoms with Gasteiger partial charge in [0.15, 0.2) is 0 Å². The average molecular weight is 546 g/mol. The van der Waals surface area contributed by atoms with Crippen molar-refractivity contribution in [1.29, 1.82) is 0 Å². The van der Waals surface area contributed by atoms with Crippen LogP contribution in [0.5, 0.6) is 17.2 Å². The maximum absolute atomic E-state index is 13.1. The van der Waals surface area contributed by atoms with Crippen LogP contribution in [0.2, 0.25) is 0 Å². The number of hydrogen-bond acceptors (Lipinski definition) is 7. The molecule has 9 nitrogen and oxygen atoms in total. The molecular weight excluding hydrogens is 517 g/mol. The Balaban J connectivity index is 1.49. The highest BCUT2D eigenvalue weighted by molar-refractivity contribution is 5.96. The average Bonchev–Trinajstić information content (AvgIpc) is 2.97. The summed E-state index contributed by atoms with van der Waals surface area (Å²) in [7, 11) is 1.37. The molecule has 0 spiro atoms. The van der Waals surface area contributed by atoms with Gasteiger partial charge in [-0.05, 0) is 72.8 Å². The molecule has 0 bridgehead atoms. The van der Waals surface area contributed by atoms with Crippen molar-refractivity contribution < 1.29 is 33.7 Å². The number of benzene rings is 3. The number of nitrogens with one attached hydrogen (secondary N) is 2. The number of carbonyl (C=O) groups is 2. The second-order valence-electron chi connectivity index (χ2n) is 8.81. The number of para-hydroxylation sites is 1. The minimum absolute atomic E-state index is 0.0611. The van der Waals surface area contributed by atoms with Gasteiger partial charge in [0.25, 0.3) is 5.91 Å². The minimum Gasteiger partial charge on any atom is -0.507 e. The number of nitrogens with zero attached hydrogens (tertiary/aromatic N) is 1. The van der Waals surface area contributed by atoms with Crippen LogP contribution in [0.3, 0.4) is 0 Å². The van der Waals surface area contributed by atoms with E-state index in [2.05, 4.69) is 15.6 Å². The molecule has 0 saturated carbocycles. The molecule has 2 unspecified atom stereocenters. The highest BCUT2D eigenvalue weighted by atomic mass is 19.1. The third-order valence-corrected chi connectivity index (χ3v) is 5.91. The molecule has 40 heavy (non-hydrogen) atoms. The molecule has 206 valence electrons. The zero-order chi connectivity index (χ0) is 28.5. The molecule has 4 rings (SSSR count). The lowest BCUT2D eigenvalue weighted by molar-refractivity contribution is -0.126. The van der Waals surface area contributed by atoms with Crippen LogP contribution >= 0.6 is 0 Å². The summed E-state index contributed by atoms with van der Waals surface area (Å²) >= 11 is 0. The Morgan fingerprint density at radius 3 is 2.27 bits per heavy atom. The van der Waals surface area contributed by atoms with Crippen molar-refractivity contribution in [1.82, 2.24) is 15.6 Å². The summed E-state index contributed by atoms with van der Waals surface area (Å²) in [6, 6.07) is 23.0. The van der Waals surface area contributed by atoms with Crippen LogP contribution in [0.15, 0.2) is 91.0 Å². The van der Waals surface area contributed by atoms with E-state index in [-0.39, 0.29) is 36.0 Å². The van der Waals surface area contributed by atoms with Crippen molar-refractivity contribution in [3.63, 3.8) is 0 Å². The molecule has 4 aromatic rings. The van der Waals surface area contributed by atoms with Gasteiger partial charge in [0.05, 0.1) is 23.0 Å². The summed E-state index contributed by atoms with van der Waals surface area (Å²) in [4.78, 5) is 29.5. The minimum atomic E-state index is -1.29. The molecule has 4 N–H and O–H groups in total. The zero-order valence-electron chi connectivity index (χ0n) is 21.6. The fourth-order valence-corrected chi connectivity index (χ4v) is 3.90. The van der Waals surface area contributed by atoms with E-state index in [1.807, 2.05) is 0 Å². The normalized spacial score (nSPS) is 12.3. The Labute approximate surface area is 230 Å². The van der Waals surface area contributed by atoms with E-state index in [0.29, 0.717) is 17.2 Å². The van der Waals surface area contributed by atoms with Crippen LogP contribution < -0.4 is 15.4 Å². The van der Waals surface area contributed by atoms with Crippen LogP contribution in [0.25, 0.3) is 11.3 Å². The summed E-state index contributed by atoms with van der Waals surface area (Å²) < 4.78 is 23.7. The zero-order valence-corrected chi connectivity index (χ0v) is 21.6. The number of ether oxygens (including phenoxy) is 2. The molecule has 1 heterocycles. The molecule has 0 saturated heterocycles. The number of pyridine rings is 1.